The molecule has 4 rings (SSSR count). The van der Waals surface area contributed by atoms with Gasteiger partial charge in [-0.2, -0.15) is 0 Å². The van der Waals surface area contributed by atoms with E-state index < -0.39 is 6.23 Å². The number of halogens is 1. The molecule has 3 heterocycles. The number of carbonyl (C=O) groups is 2. The van der Waals surface area contributed by atoms with Crippen LogP contribution >= 0.6 is 22.9 Å². The summed E-state index contributed by atoms with van der Waals surface area (Å²) in [7, 11) is 0. The summed E-state index contributed by atoms with van der Waals surface area (Å²) < 4.78 is 0. The number of piperidine rings is 1. The maximum Gasteiger partial charge on any atom is 0.322 e. The molecule has 2 aliphatic rings. The number of likely N-dealkylation sites (tertiary alicyclic amines) is 1. The molecule has 7 nitrogen and oxygen atoms in total. The van der Waals surface area contributed by atoms with Gasteiger partial charge < -0.3 is 21.1 Å². The third-order valence-corrected chi connectivity index (χ3v) is 8.35. The molecule has 2 aliphatic heterocycles. The van der Waals surface area contributed by atoms with Crippen molar-refractivity contribution in [1.29, 1.82) is 0 Å². The molecule has 34 heavy (non-hydrogen) atoms. The van der Waals surface area contributed by atoms with Gasteiger partial charge in [-0.15, -0.1) is 11.3 Å². The topological polar surface area (TPSA) is 98.9 Å². The van der Waals surface area contributed by atoms with Crippen molar-refractivity contribution >= 4 is 46.1 Å². The number of aliphatic hydroxyl groups excluding tert-OH is 1. The van der Waals surface area contributed by atoms with Crippen molar-refractivity contribution in [3.63, 3.8) is 0 Å². The number of thiophene rings is 1. The molecular weight excluding hydrogens is 472 g/mol. The lowest BCUT2D eigenvalue weighted by Gasteiger charge is -2.41. The normalized spacial score (nSPS) is 18.9. The fraction of sp³-hybridized carbons (Fsp3) is 0.520. The van der Waals surface area contributed by atoms with E-state index in [1.807, 2.05) is 40.3 Å². The first-order chi connectivity index (χ1) is 16.3. The van der Waals surface area contributed by atoms with Crippen LogP contribution in [0.1, 0.15) is 49.1 Å². The maximum atomic E-state index is 12.6. The van der Waals surface area contributed by atoms with Gasteiger partial charge >= 0.3 is 6.03 Å². The molecule has 1 fully saturated rings. The van der Waals surface area contributed by atoms with Crippen LogP contribution in [0.25, 0.3) is 0 Å². The number of aliphatic hydroxyl groups is 1. The Morgan fingerprint density at radius 1 is 1.35 bits per heavy atom. The number of nitrogen functional groups attached to an aromatic ring is 1. The minimum Gasteiger partial charge on any atom is -0.397 e. The van der Waals surface area contributed by atoms with E-state index in [4.69, 9.17) is 17.3 Å². The number of benzene rings is 1. The van der Waals surface area contributed by atoms with Gasteiger partial charge in [0.25, 0.3) is 0 Å². The van der Waals surface area contributed by atoms with Crippen LogP contribution in [0.2, 0.25) is 5.02 Å². The van der Waals surface area contributed by atoms with Gasteiger partial charge in [0, 0.05) is 29.9 Å². The van der Waals surface area contributed by atoms with Crippen LogP contribution in [0.4, 0.5) is 16.2 Å². The number of Topliss-reactive ketones (excluding diaryl/α,β-unsaturated/α-hetero) is 1. The van der Waals surface area contributed by atoms with Crippen LogP contribution in [0.3, 0.4) is 0 Å². The summed E-state index contributed by atoms with van der Waals surface area (Å²) in [6.07, 6.45) is 2.54. The molecule has 0 aliphatic carbocycles. The predicted molar refractivity (Wildman–Crippen MR) is 137 cm³/mol. The smallest absolute Gasteiger partial charge is 0.322 e. The number of fused-ring (bicyclic) bond motifs is 1. The Balaban J connectivity index is 1.34. The largest absolute Gasteiger partial charge is 0.397 e. The van der Waals surface area contributed by atoms with E-state index in [-0.39, 0.29) is 23.8 Å². The van der Waals surface area contributed by atoms with Crippen molar-refractivity contribution in [3.05, 3.63) is 44.6 Å². The van der Waals surface area contributed by atoms with Crippen LogP contribution in [-0.2, 0) is 24.2 Å². The Morgan fingerprint density at radius 2 is 2.09 bits per heavy atom. The van der Waals surface area contributed by atoms with Crippen molar-refractivity contribution < 1.29 is 14.7 Å². The zero-order valence-electron chi connectivity index (χ0n) is 19.7. The lowest BCUT2D eigenvalue weighted by Crippen LogP contribution is -2.52. The first kappa shape index (κ1) is 25.0. The summed E-state index contributed by atoms with van der Waals surface area (Å²) in [6.45, 7) is 5.62. The van der Waals surface area contributed by atoms with Crippen molar-refractivity contribution in [2.75, 3.05) is 24.1 Å². The number of rotatable bonds is 8. The third kappa shape index (κ3) is 5.40. The molecule has 184 valence electrons. The zero-order valence-corrected chi connectivity index (χ0v) is 21.3. The van der Waals surface area contributed by atoms with Crippen LogP contribution < -0.4 is 11.1 Å². The molecule has 0 spiro atoms. The van der Waals surface area contributed by atoms with Gasteiger partial charge in [0.15, 0.2) is 0 Å². The Labute approximate surface area is 209 Å². The van der Waals surface area contributed by atoms with Crippen LogP contribution in [-0.4, -0.2) is 52.1 Å². The highest BCUT2D eigenvalue weighted by molar-refractivity contribution is 7.10. The van der Waals surface area contributed by atoms with E-state index >= 15 is 0 Å². The second-order valence-electron chi connectivity index (χ2n) is 9.31. The summed E-state index contributed by atoms with van der Waals surface area (Å²) in [6, 6.07) is 5.88. The minimum absolute atomic E-state index is 0.0462. The maximum absolute atomic E-state index is 12.6. The summed E-state index contributed by atoms with van der Waals surface area (Å²) in [4.78, 5) is 30.1. The minimum atomic E-state index is -0.705. The van der Waals surface area contributed by atoms with Gasteiger partial charge in [-0.05, 0) is 67.7 Å². The van der Waals surface area contributed by atoms with E-state index in [0.717, 1.165) is 36.1 Å². The van der Waals surface area contributed by atoms with Crippen LogP contribution in [0, 0.1) is 5.92 Å². The fourth-order valence-corrected chi connectivity index (χ4v) is 6.10. The number of ketones is 1. The van der Waals surface area contributed by atoms with E-state index in [9.17, 15) is 14.7 Å². The number of hydrogen-bond acceptors (Lipinski definition) is 6. The molecule has 2 aromatic rings. The number of nitrogens with one attached hydrogen (secondary N) is 1. The molecule has 1 aromatic carbocycles. The van der Waals surface area contributed by atoms with Gasteiger partial charge in [-0.25, -0.2) is 4.79 Å². The van der Waals surface area contributed by atoms with E-state index in [0.29, 0.717) is 43.2 Å². The van der Waals surface area contributed by atoms with E-state index in [2.05, 4.69) is 5.32 Å². The van der Waals surface area contributed by atoms with Gasteiger partial charge in [0.05, 0.1) is 22.9 Å². The number of urea groups is 1. The first-order valence-electron chi connectivity index (χ1n) is 11.9. The quantitative estimate of drug-likeness (QED) is 0.459. The highest BCUT2D eigenvalue weighted by Crippen LogP contribution is 2.32. The van der Waals surface area contributed by atoms with Crippen molar-refractivity contribution in [1.82, 2.24) is 9.80 Å². The lowest BCUT2D eigenvalue weighted by atomic mass is 9.90. The van der Waals surface area contributed by atoms with Crippen molar-refractivity contribution in [2.24, 2.45) is 5.92 Å². The molecule has 9 heteroatoms. The molecule has 1 unspecified atom stereocenters. The summed E-state index contributed by atoms with van der Waals surface area (Å²) in [5, 5.41) is 16.4. The molecule has 1 aromatic heterocycles. The molecule has 0 bridgehead atoms. The highest BCUT2D eigenvalue weighted by Gasteiger charge is 2.34. The number of amides is 2. The Kier molecular flexibility index (Phi) is 7.82. The number of nitrogens with zero attached hydrogens (tertiary/aromatic N) is 2. The van der Waals surface area contributed by atoms with Gasteiger partial charge in [-0.1, -0.05) is 24.6 Å². The van der Waals surface area contributed by atoms with Crippen molar-refractivity contribution in [3.8, 4) is 0 Å². The molecule has 2 amide bonds. The molecule has 2 atom stereocenters. The Hall–Kier alpha value is -2.13. The summed E-state index contributed by atoms with van der Waals surface area (Å²) in [5.41, 5.74) is 9.50. The summed E-state index contributed by atoms with van der Waals surface area (Å²) in [5.74, 6) is -0.251. The second kappa shape index (κ2) is 10.6. The standard InChI is InChI=1S/C25H33ClN4O3S/c1-3-17-10-16(12-20(26)24(17)27)11-18(15(2)31)13-23(32)29-7-4-19(5-8-29)30-14-22-21(6-9-34-22)28-25(30)33/h6,9-10,12,18-19,23,32H,3-5,7-8,11,13-14,27H2,1-2H3,(H,28,33)/t18-,23?/m0/s1. The Morgan fingerprint density at radius 3 is 2.76 bits per heavy atom. The van der Waals surface area contributed by atoms with Crippen LogP contribution in [0.15, 0.2) is 23.6 Å². The Bertz CT molecular complexity index is 1050. The van der Waals surface area contributed by atoms with Gasteiger partial charge in [-0.3, -0.25) is 9.69 Å². The number of anilines is 2. The fourth-order valence-electron chi connectivity index (χ4n) is 5.01. The second-order valence-corrected chi connectivity index (χ2v) is 10.7. The molecule has 4 N–H and O–H groups in total. The SMILES string of the molecule is CCc1cc(C[C@@H](CC(O)N2CCC(N3Cc4sccc4NC3=O)CC2)C(C)=O)cc(Cl)c1N. The molecule has 1 saturated heterocycles. The van der Waals surface area contributed by atoms with Gasteiger partial charge in [0.2, 0.25) is 0 Å². The monoisotopic (exact) mass is 504 g/mol. The van der Waals surface area contributed by atoms with Crippen LogP contribution in [0.5, 0.6) is 0 Å². The number of hydrogen-bond donors (Lipinski definition) is 3. The van der Waals surface area contributed by atoms with E-state index in [1.165, 1.54) is 4.88 Å². The molecule has 0 saturated carbocycles. The predicted octanol–water partition coefficient (Wildman–Crippen LogP) is 4.51. The molecular formula is C25H33ClN4O3S. The number of nitrogens with two attached hydrogens (primary N) is 1. The number of aryl methyl sites for hydroxylation is 1. The number of carbonyl (C=O) groups excluding carboxylic acids is 2. The lowest BCUT2D eigenvalue weighted by molar-refractivity contribution is -0.123. The first-order valence-corrected chi connectivity index (χ1v) is 13.2. The average molecular weight is 505 g/mol. The van der Waals surface area contributed by atoms with Gasteiger partial charge in [0.1, 0.15) is 12.0 Å². The van der Waals surface area contributed by atoms with Crippen molar-refractivity contribution in [2.45, 2.75) is 64.8 Å². The third-order valence-electron chi connectivity index (χ3n) is 7.13. The molecule has 0 radical (unpaired) electrons. The zero-order chi connectivity index (χ0) is 24.4. The summed E-state index contributed by atoms with van der Waals surface area (Å²) >= 11 is 7.96. The highest BCUT2D eigenvalue weighted by atomic mass is 35.5. The van der Waals surface area contributed by atoms with E-state index in [1.54, 1.807) is 18.3 Å². The average Bonchev–Trinajstić information content (AvgIpc) is 3.27.